The minimum absolute atomic E-state index is 0.0114. The van der Waals surface area contributed by atoms with Crippen LogP contribution >= 0.6 is 23.2 Å². The largest absolute Gasteiger partial charge is 0.491 e. The Kier molecular flexibility index (Phi) is 12.7. The molecule has 234 valence electrons. The van der Waals surface area contributed by atoms with Gasteiger partial charge in [0.15, 0.2) is 0 Å². The quantitative estimate of drug-likeness (QED) is 0.178. The van der Waals surface area contributed by atoms with Crippen LogP contribution in [-0.4, -0.2) is 62.7 Å². The van der Waals surface area contributed by atoms with Crippen molar-refractivity contribution >= 4 is 35.1 Å². The second-order valence-electron chi connectivity index (χ2n) is 9.70. The van der Waals surface area contributed by atoms with Crippen molar-refractivity contribution in [3.8, 4) is 5.75 Å². The molecule has 0 bridgehead atoms. The van der Waals surface area contributed by atoms with E-state index in [0.717, 1.165) is 13.5 Å². The number of esters is 2. The van der Waals surface area contributed by atoms with Crippen LogP contribution in [0.25, 0.3) is 0 Å². The van der Waals surface area contributed by atoms with Gasteiger partial charge in [-0.1, -0.05) is 53.5 Å². The molecule has 0 saturated heterocycles. The maximum Gasteiger partial charge on any atom is 0.431 e. The Morgan fingerprint density at radius 2 is 1.74 bits per heavy atom. The molecule has 8 nitrogen and oxygen atoms in total. The highest BCUT2D eigenvalue weighted by Crippen LogP contribution is 2.46. The number of ether oxygens (including phenoxy) is 3. The fourth-order valence-corrected chi connectivity index (χ4v) is 4.93. The first-order valence-electron chi connectivity index (χ1n) is 13.5. The molecule has 1 aliphatic heterocycles. The van der Waals surface area contributed by atoms with Gasteiger partial charge in [-0.05, 0) is 56.5 Å². The van der Waals surface area contributed by atoms with E-state index in [4.69, 9.17) is 32.7 Å². The smallest absolute Gasteiger partial charge is 0.431 e. The number of dihydropyridines is 1. The van der Waals surface area contributed by atoms with Crippen LogP contribution in [0.2, 0.25) is 10.0 Å². The second kappa shape index (κ2) is 16.0. The van der Waals surface area contributed by atoms with Crippen molar-refractivity contribution in [2.45, 2.75) is 44.4 Å². The highest BCUT2D eigenvalue weighted by Gasteiger charge is 2.48. The first-order chi connectivity index (χ1) is 20.5. The average molecular weight is 646 g/mol. The van der Waals surface area contributed by atoms with Crippen LogP contribution in [0.3, 0.4) is 0 Å². The zero-order valence-electron chi connectivity index (χ0n) is 23.6. The van der Waals surface area contributed by atoms with E-state index in [1.807, 2.05) is 18.2 Å². The van der Waals surface area contributed by atoms with Crippen molar-refractivity contribution in [1.82, 2.24) is 10.6 Å². The number of benzene rings is 2. The van der Waals surface area contributed by atoms with Gasteiger partial charge in [-0.2, -0.15) is 13.2 Å². The number of hydrogen-bond acceptors (Lipinski definition) is 8. The molecule has 2 unspecified atom stereocenters. The van der Waals surface area contributed by atoms with E-state index in [9.17, 15) is 27.9 Å². The number of unbranched alkanes of at least 4 members (excludes halogenated alkanes) is 2. The minimum atomic E-state index is -4.97. The molecule has 0 spiro atoms. The predicted molar refractivity (Wildman–Crippen MR) is 156 cm³/mol. The van der Waals surface area contributed by atoms with Crippen LogP contribution in [0.1, 0.15) is 37.7 Å². The van der Waals surface area contributed by atoms with Gasteiger partial charge in [-0.15, -0.1) is 0 Å². The summed E-state index contributed by atoms with van der Waals surface area (Å²) in [4.78, 5) is 26.0. The van der Waals surface area contributed by atoms with Crippen LogP contribution in [0.15, 0.2) is 71.1 Å². The molecule has 1 heterocycles. The number of aliphatic hydroxyl groups excluding tert-OH is 1. The summed E-state index contributed by atoms with van der Waals surface area (Å²) in [6.07, 6.45) is -3.80. The summed E-state index contributed by atoms with van der Waals surface area (Å²) in [5.74, 6) is -3.08. The zero-order chi connectivity index (χ0) is 31.6. The predicted octanol–water partition coefficient (Wildman–Crippen LogP) is 5.69. The van der Waals surface area contributed by atoms with E-state index in [1.165, 1.54) is 25.1 Å². The normalized spacial score (nSPS) is 16.0. The standard InChI is InChI=1S/C30H33Cl2F3N2O6/c1-18-23(29(40)42-15-8-4-7-14-36-16-19(38)17-43-20-10-5-3-6-11-20)24(21-12-9-13-22(31)26(21)32)25(28(39)41-2)27(37-18)30(33,34)35/h3,5-6,9-13,19,24,36-38H,4,7-8,14-17H2,1-2H3. The molecule has 3 N–H and O–H groups in total. The Morgan fingerprint density at radius 3 is 2.42 bits per heavy atom. The third kappa shape index (κ3) is 9.37. The van der Waals surface area contributed by atoms with Crippen LogP contribution in [0.4, 0.5) is 13.2 Å². The van der Waals surface area contributed by atoms with Crippen LogP contribution in [0.5, 0.6) is 5.75 Å². The van der Waals surface area contributed by atoms with Crippen LogP contribution in [-0.2, 0) is 19.1 Å². The van der Waals surface area contributed by atoms with Crippen molar-refractivity contribution in [2.75, 3.05) is 33.4 Å². The third-order valence-corrected chi connectivity index (χ3v) is 7.39. The van der Waals surface area contributed by atoms with Gasteiger partial charge >= 0.3 is 18.1 Å². The molecule has 0 amide bonds. The Morgan fingerprint density at radius 1 is 1.02 bits per heavy atom. The molecule has 2 atom stereocenters. The number of nitrogens with one attached hydrogen (secondary N) is 2. The number of para-hydroxylation sites is 1. The Bertz CT molecular complexity index is 1330. The van der Waals surface area contributed by atoms with E-state index in [0.29, 0.717) is 31.7 Å². The van der Waals surface area contributed by atoms with Crippen LogP contribution in [0, 0.1) is 0 Å². The number of methoxy groups -OCH3 is 1. The zero-order valence-corrected chi connectivity index (χ0v) is 25.1. The first-order valence-corrected chi connectivity index (χ1v) is 14.3. The second-order valence-corrected chi connectivity index (χ2v) is 10.5. The lowest BCUT2D eigenvalue weighted by atomic mass is 9.80. The molecule has 2 aromatic rings. The molecular formula is C30H33Cl2F3N2O6. The molecule has 0 aliphatic carbocycles. The van der Waals surface area contributed by atoms with E-state index in [1.54, 1.807) is 12.1 Å². The van der Waals surface area contributed by atoms with Gasteiger partial charge in [0.2, 0.25) is 0 Å². The lowest BCUT2D eigenvalue weighted by molar-refractivity contribution is -0.140. The van der Waals surface area contributed by atoms with Crippen molar-refractivity contribution < 1.29 is 42.1 Å². The highest BCUT2D eigenvalue weighted by atomic mass is 35.5. The summed E-state index contributed by atoms with van der Waals surface area (Å²) in [6, 6.07) is 13.4. The molecule has 0 radical (unpaired) electrons. The van der Waals surface area contributed by atoms with E-state index in [2.05, 4.69) is 15.4 Å². The average Bonchev–Trinajstić information content (AvgIpc) is 2.97. The van der Waals surface area contributed by atoms with Crippen molar-refractivity contribution in [2.24, 2.45) is 0 Å². The summed E-state index contributed by atoms with van der Waals surface area (Å²) in [5.41, 5.74) is -2.54. The fourth-order valence-electron chi connectivity index (χ4n) is 4.51. The molecule has 0 fully saturated rings. The summed E-state index contributed by atoms with van der Waals surface area (Å²) in [6.45, 7) is 2.37. The topological polar surface area (TPSA) is 106 Å². The first kappa shape index (κ1) is 34.2. The molecule has 0 aromatic heterocycles. The summed E-state index contributed by atoms with van der Waals surface area (Å²) >= 11 is 12.5. The number of alkyl halides is 3. The summed E-state index contributed by atoms with van der Waals surface area (Å²) < 4.78 is 57.7. The van der Waals surface area contributed by atoms with Gasteiger partial charge in [-0.3, -0.25) is 0 Å². The van der Waals surface area contributed by atoms with E-state index >= 15 is 0 Å². The maximum absolute atomic E-state index is 14.0. The van der Waals surface area contributed by atoms with Crippen molar-refractivity contribution in [1.29, 1.82) is 0 Å². The Balaban J connectivity index is 1.59. The van der Waals surface area contributed by atoms with Gasteiger partial charge < -0.3 is 30.0 Å². The maximum atomic E-state index is 14.0. The van der Waals surface area contributed by atoms with Gasteiger partial charge in [0.25, 0.3) is 0 Å². The van der Waals surface area contributed by atoms with E-state index in [-0.39, 0.29) is 40.1 Å². The number of halogens is 5. The molecule has 0 saturated carbocycles. The van der Waals surface area contributed by atoms with Crippen molar-refractivity contribution in [3.63, 3.8) is 0 Å². The third-order valence-electron chi connectivity index (χ3n) is 6.56. The molecule has 43 heavy (non-hydrogen) atoms. The van der Waals surface area contributed by atoms with Crippen molar-refractivity contribution in [3.05, 3.63) is 86.7 Å². The minimum Gasteiger partial charge on any atom is -0.491 e. The highest BCUT2D eigenvalue weighted by molar-refractivity contribution is 6.42. The number of allylic oxidation sites excluding steroid dienone is 2. The summed E-state index contributed by atoms with van der Waals surface area (Å²) in [7, 11) is 0.942. The number of carbonyl (C=O) groups excluding carboxylic acids is 2. The number of aliphatic hydroxyl groups is 1. The molecule has 2 aromatic carbocycles. The molecule has 3 rings (SSSR count). The number of hydrogen-bond donors (Lipinski definition) is 3. The molecule has 1 aliphatic rings. The lowest BCUT2D eigenvalue weighted by Crippen LogP contribution is -2.38. The van der Waals surface area contributed by atoms with Gasteiger partial charge in [0.1, 0.15) is 24.2 Å². The van der Waals surface area contributed by atoms with Crippen LogP contribution < -0.4 is 15.4 Å². The fraction of sp³-hybridized carbons (Fsp3) is 0.400. The Labute approximate surface area is 257 Å². The summed E-state index contributed by atoms with van der Waals surface area (Å²) in [5, 5.41) is 15.3. The molecular weight excluding hydrogens is 612 g/mol. The van der Waals surface area contributed by atoms with E-state index < -0.39 is 41.4 Å². The molecule has 13 heteroatoms. The number of carbonyl (C=O) groups is 2. The monoisotopic (exact) mass is 644 g/mol. The van der Waals surface area contributed by atoms with Gasteiger partial charge in [-0.25, -0.2) is 9.59 Å². The Hall–Kier alpha value is -3.25. The SMILES string of the molecule is COC(=O)C1=C(C(F)(F)F)NC(C)=C(C(=O)OCCCCCNCC(O)COc2ccccc2)C1c1cccc(Cl)c1Cl. The number of rotatable bonds is 14. The lowest BCUT2D eigenvalue weighted by Gasteiger charge is -2.32. The van der Waals surface area contributed by atoms with Gasteiger partial charge in [0, 0.05) is 12.2 Å². The van der Waals surface area contributed by atoms with Gasteiger partial charge in [0.05, 0.1) is 40.8 Å².